The Kier molecular flexibility index (Phi) is 9.31. The summed E-state index contributed by atoms with van der Waals surface area (Å²) in [6.45, 7) is 10.7. The van der Waals surface area contributed by atoms with Crippen molar-refractivity contribution < 1.29 is 14.2 Å². The van der Waals surface area contributed by atoms with Gasteiger partial charge in [-0.05, 0) is 32.6 Å². The molecule has 0 spiro atoms. The number of nitrogens with one attached hydrogen (secondary N) is 2. The van der Waals surface area contributed by atoms with Crippen LogP contribution in [0.25, 0.3) is 0 Å². The lowest BCUT2D eigenvalue weighted by Gasteiger charge is -2.47. The number of hydrogen-bond donors (Lipinski definition) is 2. The van der Waals surface area contributed by atoms with Crippen LogP contribution in [0.5, 0.6) is 0 Å². The van der Waals surface area contributed by atoms with E-state index in [1.807, 2.05) is 0 Å². The summed E-state index contributed by atoms with van der Waals surface area (Å²) < 4.78 is 16.9. The zero-order valence-electron chi connectivity index (χ0n) is 17.7. The van der Waals surface area contributed by atoms with Crippen molar-refractivity contribution in [2.45, 2.75) is 63.5 Å². The predicted molar refractivity (Wildman–Crippen MR) is 112 cm³/mol. The highest BCUT2D eigenvalue weighted by Crippen LogP contribution is 2.34. The summed E-state index contributed by atoms with van der Waals surface area (Å²) in [5.74, 6) is 0.904. The Bertz CT molecular complexity index is 457. The maximum atomic E-state index is 5.76. The second-order valence-corrected chi connectivity index (χ2v) is 8.22. The van der Waals surface area contributed by atoms with E-state index in [1.54, 1.807) is 0 Å². The number of morpholine rings is 1. The Balaban J connectivity index is 1.47. The lowest BCUT2D eigenvalue weighted by atomic mass is 9.80. The molecule has 3 aliphatic rings. The van der Waals surface area contributed by atoms with Crippen molar-refractivity contribution in [2.24, 2.45) is 4.99 Å². The summed E-state index contributed by atoms with van der Waals surface area (Å²) in [7, 11) is 0. The smallest absolute Gasteiger partial charge is 0.191 e. The number of guanidine groups is 1. The molecule has 2 N–H and O–H groups in total. The number of aliphatic imine (C=N–C) groups is 1. The molecule has 3 fully saturated rings. The highest BCUT2D eigenvalue weighted by molar-refractivity contribution is 5.79. The van der Waals surface area contributed by atoms with E-state index in [4.69, 9.17) is 19.2 Å². The van der Waals surface area contributed by atoms with E-state index >= 15 is 0 Å². The summed E-state index contributed by atoms with van der Waals surface area (Å²) >= 11 is 0. The molecule has 1 aliphatic carbocycles. The lowest BCUT2D eigenvalue weighted by molar-refractivity contribution is -0.0333. The predicted octanol–water partition coefficient (Wildman–Crippen LogP) is 1.77. The summed E-state index contributed by atoms with van der Waals surface area (Å²) in [6.07, 6.45) is 9.07. The van der Waals surface area contributed by atoms with Crippen molar-refractivity contribution in [3.8, 4) is 0 Å². The number of hydrogen-bond acceptors (Lipinski definition) is 5. The van der Waals surface area contributed by atoms with Crippen LogP contribution in [0.15, 0.2) is 4.99 Å². The fraction of sp³-hybridized carbons (Fsp3) is 0.952. The molecule has 2 saturated heterocycles. The van der Waals surface area contributed by atoms with Crippen molar-refractivity contribution in [3.63, 3.8) is 0 Å². The minimum atomic E-state index is 0.209. The molecule has 2 heterocycles. The molecule has 1 saturated carbocycles. The lowest BCUT2D eigenvalue weighted by Crippen LogP contribution is -2.56. The Morgan fingerprint density at radius 2 is 1.93 bits per heavy atom. The molecule has 3 rings (SSSR count). The largest absolute Gasteiger partial charge is 0.379 e. The van der Waals surface area contributed by atoms with Gasteiger partial charge in [-0.1, -0.05) is 19.3 Å². The SMILES string of the molecule is CCNC(=NCC1(N2CCOCC2)CCCCC1)NCCOCC1CCCO1. The third-order valence-electron chi connectivity index (χ3n) is 6.21. The van der Waals surface area contributed by atoms with Gasteiger partial charge in [0, 0.05) is 38.3 Å². The van der Waals surface area contributed by atoms with Crippen LogP contribution >= 0.6 is 0 Å². The Hall–Kier alpha value is -0.890. The molecule has 1 atom stereocenters. The quantitative estimate of drug-likeness (QED) is 0.352. The van der Waals surface area contributed by atoms with Crippen LogP contribution in [0.3, 0.4) is 0 Å². The van der Waals surface area contributed by atoms with E-state index in [-0.39, 0.29) is 5.54 Å². The minimum Gasteiger partial charge on any atom is -0.379 e. The average Bonchev–Trinajstić information content (AvgIpc) is 3.26. The Labute approximate surface area is 170 Å². The normalized spacial score (nSPS) is 26.3. The van der Waals surface area contributed by atoms with E-state index in [0.717, 1.165) is 71.3 Å². The summed E-state index contributed by atoms with van der Waals surface area (Å²) in [5, 5.41) is 6.83. The summed E-state index contributed by atoms with van der Waals surface area (Å²) in [4.78, 5) is 7.64. The molecule has 0 aromatic carbocycles. The molecule has 7 heteroatoms. The zero-order valence-corrected chi connectivity index (χ0v) is 17.7. The van der Waals surface area contributed by atoms with Crippen LogP contribution in [-0.4, -0.2) is 88.3 Å². The van der Waals surface area contributed by atoms with E-state index < -0.39 is 0 Å². The highest BCUT2D eigenvalue weighted by atomic mass is 16.5. The van der Waals surface area contributed by atoms with Crippen LogP contribution in [0.2, 0.25) is 0 Å². The molecule has 28 heavy (non-hydrogen) atoms. The van der Waals surface area contributed by atoms with Gasteiger partial charge in [0.05, 0.1) is 39.1 Å². The van der Waals surface area contributed by atoms with Crippen molar-refractivity contribution in [1.29, 1.82) is 0 Å². The van der Waals surface area contributed by atoms with E-state index in [9.17, 15) is 0 Å². The first-order chi connectivity index (χ1) is 13.8. The van der Waals surface area contributed by atoms with Crippen LogP contribution in [0.1, 0.15) is 51.9 Å². The standard InChI is InChI=1S/C21H40N4O3/c1-2-22-20(23-10-14-27-17-19-7-6-13-28-19)24-18-21(8-4-3-5-9-21)25-11-15-26-16-12-25/h19H,2-18H2,1H3,(H2,22,23,24). The Morgan fingerprint density at radius 1 is 1.11 bits per heavy atom. The van der Waals surface area contributed by atoms with Gasteiger partial charge in [-0.3, -0.25) is 9.89 Å². The van der Waals surface area contributed by atoms with Crippen LogP contribution in [-0.2, 0) is 14.2 Å². The molecule has 0 radical (unpaired) electrons. The second kappa shape index (κ2) is 12.0. The summed E-state index contributed by atoms with van der Waals surface area (Å²) in [5.41, 5.74) is 0.209. The van der Waals surface area contributed by atoms with E-state index in [0.29, 0.717) is 19.3 Å². The number of nitrogens with zero attached hydrogens (tertiary/aromatic N) is 2. The monoisotopic (exact) mass is 396 g/mol. The van der Waals surface area contributed by atoms with E-state index in [1.165, 1.54) is 32.1 Å². The van der Waals surface area contributed by atoms with Gasteiger partial charge in [-0.2, -0.15) is 0 Å². The maximum Gasteiger partial charge on any atom is 0.191 e. The van der Waals surface area contributed by atoms with Gasteiger partial charge in [0.2, 0.25) is 0 Å². The second-order valence-electron chi connectivity index (χ2n) is 8.22. The molecule has 162 valence electrons. The van der Waals surface area contributed by atoms with Gasteiger partial charge in [0.1, 0.15) is 0 Å². The molecule has 0 aromatic heterocycles. The third-order valence-corrected chi connectivity index (χ3v) is 6.21. The molecule has 0 amide bonds. The summed E-state index contributed by atoms with van der Waals surface area (Å²) in [6, 6.07) is 0. The van der Waals surface area contributed by atoms with Crippen molar-refractivity contribution >= 4 is 5.96 Å². The molecule has 7 nitrogen and oxygen atoms in total. The van der Waals surface area contributed by atoms with Crippen LogP contribution in [0, 0.1) is 0 Å². The van der Waals surface area contributed by atoms with Gasteiger partial charge >= 0.3 is 0 Å². The molecular formula is C21H40N4O3. The van der Waals surface area contributed by atoms with Gasteiger partial charge < -0.3 is 24.8 Å². The maximum absolute atomic E-state index is 5.76. The van der Waals surface area contributed by atoms with Crippen molar-refractivity contribution in [2.75, 3.05) is 65.8 Å². The highest BCUT2D eigenvalue weighted by Gasteiger charge is 2.38. The number of ether oxygens (including phenoxy) is 3. The topological polar surface area (TPSA) is 67.4 Å². The molecule has 0 bridgehead atoms. The van der Waals surface area contributed by atoms with Crippen molar-refractivity contribution in [3.05, 3.63) is 0 Å². The van der Waals surface area contributed by atoms with E-state index in [2.05, 4.69) is 22.5 Å². The first kappa shape index (κ1) is 21.8. The van der Waals surface area contributed by atoms with Gasteiger partial charge in [0.25, 0.3) is 0 Å². The van der Waals surface area contributed by atoms with Gasteiger partial charge in [-0.15, -0.1) is 0 Å². The zero-order chi connectivity index (χ0) is 19.5. The van der Waals surface area contributed by atoms with Crippen LogP contribution in [0.4, 0.5) is 0 Å². The minimum absolute atomic E-state index is 0.209. The molecule has 2 aliphatic heterocycles. The fourth-order valence-electron chi connectivity index (χ4n) is 4.62. The van der Waals surface area contributed by atoms with Crippen molar-refractivity contribution in [1.82, 2.24) is 15.5 Å². The van der Waals surface area contributed by atoms with Crippen LogP contribution < -0.4 is 10.6 Å². The Morgan fingerprint density at radius 3 is 2.64 bits per heavy atom. The first-order valence-electron chi connectivity index (χ1n) is 11.4. The number of rotatable bonds is 9. The molecule has 1 unspecified atom stereocenters. The van der Waals surface area contributed by atoms with Gasteiger partial charge in [-0.25, -0.2) is 0 Å². The fourth-order valence-corrected chi connectivity index (χ4v) is 4.62. The first-order valence-corrected chi connectivity index (χ1v) is 11.4. The van der Waals surface area contributed by atoms with Gasteiger partial charge in [0.15, 0.2) is 5.96 Å². The molecule has 0 aromatic rings. The third kappa shape index (κ3) is 6.58. The average molecular weight is 397 g/mol. The molecular weight excluding hydrogens is 356 g/mol.